The predicted molar refractivity (Wildman–Crippen MR) is 114 cm³/mol. The Morgan fingerprint density at radius 2 is 1.47 bits per heavy atom. The highest BCUT2D eigenvalue weighted by Gasteiger charge is 2.24. The Labute approximate surface area is 175 Å². The maximum absolute atomic E-state index is 13.4. The number of carbonyl (C=O) groups excluding carboxylic acids is 1. The molecule has 0 saturated heterocycles. The second-order valence-electron chi connectivity index (χ2n) is 7.99. The number of nitrogens with one attached hydrogen (secondary N) is 2. The van der Waals surface area contributed by atoms with Gasteiger partial charge >= 0.3 is 0 Å². The van der Waals surface area contributed by atoms with Gasteiger partial charge in [-0.25, -0.2) is 8.78 Å². The highest BCUT2D eigenvalue weighted by Crippen LogP contribution is 2.24. The number of benzene rings is 1. The van der Waals surface area contributed by atoms with Gasteiger partial charge in [0.25, 0.3) is 5.91 Å². The van der Waals surface area contributed by atoms with Crippen molar-refractivity contribution in [1.29, 1.82) is 0 Å². The van der Waals surface area contributed by atoms with Crippen molar-refractivity contribution in [3.05, 3.63) is 41.5 Å². The molecule has 1 fully saturated rings. The molecule has 1 aromatic heterocycles. The van der Waals surface area contributed by atoms with E-state index in [9.17, 15) is 13.6 Å². The molecule has 0 unspecified atom stereocenters. The van der Waals surface area contributed by atoms with Gasteiger partial charge in [0, 0.05) is 51.9 Å². The molecule has 0 atom stereocenters. The van der Waals surface area contributed by atoms with Crippen molar-refractivity contribution in [2.24, 2.45) is 0 Å². The van der Waals surface area contributed by atoms with Gasteiger partial charge in [0.15, 0.2) is 11.6 Å². The maximum atomic E-state index is 13.4. The zero-order valence-corrected chi connectivity index (χ0v) is 17.7. The van der Waals surface area contributed by atoms with Crippen LogP contribution in [0.25, 0.3) is 0 Å². The van der Waals surface area contributed by atoms with Crippen molar-refractivity contribution in [2.75, 3.05) is 43.3 Å². The summed E-state index contributed by atoms with van der Waals surface area (Å²) in [5.74, 6) is -0.141. The lowest BCUT2D eigenvalue weighted by molar-refractivity contribution is 0.0926. The molecule has 9 heteroatoms. The van der Waals surface area contributed by atoms with Crippen molar-refractivity contribution < 1.29 is 13.6 Å². The molecule has 2 aromatic rings. The van der Waals surface area contributed by atoms with E-state index in [1.165, 1.54) is 6.07 Å². The topological polar surface area (TPSA) is 73.4 Å². The second-order valence-corrected chi connectivity index (χ2v) is 7.99. The smallest absolute Gasteiger partial charge is 0.251 e. The van der Waals surface area contributed by atoms with Crippen molar-refractivity contribution in [2.45, 2.75) is 37.8 Å². The minimum Gasteiger partial charge on any atom is -0.363 e. The van der Waals surface area contributed by atoms with Crippen molar-refractivity contribution in [3.63, 3.8) is 0 Å². The fourth-order valence-corrected chi connectivity index (χ4v) is 3.42. The van der Waals surface area contributed by atoms with E-state index in [1.54, 1.807) is 0 Å². The van der Waals surface area contributed by atoms with Crippen LogP contribution in [0.4, 0.5) is 26.4 Å². The molecule has 162 valence electrons. The third-order valence-corrected chi connectivity index (χ3v) is 5.19. The monoisotopic (exact) mass is 418 g/mol. The SMILES string of the molecule is CN(C)c1cc(N(C)C)nc(NC2CCC(NC(=O)c3ccc(F)c(F)c3)CC2)n1. The maximum Gasteiger partial charge on any atom is 0.251 e. The summed E-state index contributed by atoms with van der Waals surface area (Å²) in [6.45, 7) is 0. The highest BCUT2D eigenvalue weighted by atomic mass is 19.2. The molecule has 3 rings (SSSR count). The summed E-state index contributed by atoms with van der Waals surface area (Å²) >= 11 is 0. The Bertz CT molecular complexity index is 871. The standard InChI is InChI=1S/C21H28F2N6O/c1-28(2)18-12-19(29(3)4)27-21(26-18)25-15-8-6-14(7-9-15)24-20(30)13-5-10-16(22)17(23)11-13/h5,10-12,14-15H,6-9H2,1-4H3,(H,24,30)(H,25,26,27). The lowest BCUT2D eigenvalue weighted by Gasteiger charge is -2.30. The molecule has 30 heavy (non-hydrogen) atoms. The van der Waals surface area contributed by atoms with Gasteiger partial charge in [-0.1, -0.05) is 0 Å². The fourth-order valence-electron chi connectivity index (χ4n) is 3.42. The number of carbonyl (C=O) groups is 1. The molecule has 2 N–H and O–H groups in total. The lowest BCUT2D eigenvalue weighted by Crippen LogP contribution is -2.40. The first-order valence-corrected chi connectivity index (χ1v) is 9.99. The third kappa shape index (κ3) is 5.34. The summed E-state index contributed by atoms with van der Waals surface area (Å²) in [7, 11) is 7.75. The van der Waals surface area contributed by atoms with Crippen molar-refractivity contribution in [3.8, 4) is 0 Å². The summed E-state index contributed by atoms with van der Waals surface area (Å²) in [6.07, 6.45) is 3.24. The first-order chi connectivity index (χ1) is 14.2. The Hall–Kier alpha value is -2.97. The van der Waals surface area contributed by atoms with Crippen molar-refractivity contribution >= 4 is 23.5 Å². The molecule has 7 nitrogen and oxygen atoms in total. The minimum atomic E-state index is -1.02. The molecule has 1 heterocycles. The predicted octanol–water partition coefficient (Wildman–Crippen LogP) is 3.04. The van der Waals surface area contributed by atoms with Gasteiger partial charge < -0.3 is 20.4 Å². The van der Waals surface area contributed by atoms with E-state index in [-0.39, 0.29) is 23.6 Å². The Morgan fingerprint density at radius 1 is 0.900 bits per heavy atom. The summed E-state index contributed by atoms with van der Waals surface area (Å²) in [5, 5.41) is 6.33. The Balaban J connectivity index is 1.57. The molecule has 0 radical (unpaired) electrons. The number of anilines is 3. The van der Waals surface area contributed by atoms with Gasteiger partial charge in [0.1, 0.15) is 11.6 Å². The number of rotatable bonds is 6. The fraction of sp³-hybridized carbons (Fsp3) is 0.476. The molecule has 0 spiro atoms. The van der Waals surface area contributed by atoms with Gasteiger partial charge in [-0.2, -0.15) is 9.97 Å². The van der Waals surface area contributed by atoms with Crippen LogP contribution in [0.5, 0.6) is 0 Å². The Morgan fingerprint density at radius 3 is 2.00 bits per heavy atom. The molecule has 1 saturated carbocycles. The van der Waals surface area contributed by atoms with Gasteiger partial charge in [-0.3, -0.25) is 4.79 Å². The van der Waals surface area contributed by atoms with Crippen LogP contribution in [0, 0.1) is 11.6 Å². The average molecular weight is 418 g/mol. The van der Waals surface area contributed by atoms with Crippen LogP contribution in [0.15, 0.2) is 24.3 Å². The summed E-state index contributed by atoms with van der Waals surface area (Å²) < 4.78 is 26.4. The molecule has 0 aliphatic heterocycles. The summed E-state index contributed by atoms with van der Waals surface area (Å²) in [5.41, 5.74) is 0.124. The number of hydrogen-bond acceptors (Lipinski definition) is 6. The second kappa shape index (κ2) is 9.23. The number of aromatic nitrogens is 2. The Kier molecular flexibility index (Phi) is 6.69. The first-order valence-electron chi connectivity index (χ1n) is 9.99. The van der Waals surface area contributed by atoms with E-state index in [1.807, 2.05) is 44.1 Å². The van der Waals surface area contributed by atoms with Crippen LogP contribution < -0.4 is 20.4 Å². The number of nitrogens with zero attached hydrogens (tertiary/aromatic N) is 4. The molecular formula is C21H28F2N6O. The minimum absolute atomic E-state index is 0.00460. The first kappa shape index (κ1) is 21.7. The van der Waals surface area contributed by atoms with Gasteiger partial charge in [0.05, 0.1) is 0 Å². The van der Waals surface area contributed by atoms with Crippen LogP contribution >= 0.6 is 0 Å². The molecule has 1 aromatic carbocycles. The quantitative estimate of drug-likeness (QED) is 0.751. The molecule has 1 aliphatic rings. The number of hydrogen-bond donors (Lipinski definition) is 2. The van der Waals surface area contributed by atoms with Crippen LogP contribution in [-0.4, -0.2) is 56.1 Å². The third-order valence-electron chi connectivity index (χ3n) is 5.19. The largest absolute Gasteiger partial charge is 0.363 e. The zero-order chi connectivity index (χ0) is 21.8. The highest BCUT2D eigenvalue weighted by molar-refractivity contribution is 5.94. The molecule has 0 bridgehead atoms. The van der Waals surface area contributed by atoms with Gasteiger partial charge in [-0.15, -0.1) is 0 Å². The normalized spacial score (nSPS) is 18.6. The van der Waals surface area contributed by atoms with E-state index in [0.717, 1.165) is 49.5 Å². The molecule has 1 aliphatic carbocycles. The van der Waals surface area contributed by atoms with Crippen LogP contribution in [0.1, 0.15) is 36.0 Å². The van der Waals surface area contributed by atoms with Gasteiger partial charge in [0.2, 0.25) is 5.95 Å². The lowest BCUT2D eigenvalue weighted by atomic mass is 9.91. The summed E-state index contributed by atoms with van der Waals surface area (Å²) in [4.78, 5) is 25.3. The van der Waals surface area contributed by atoms with E-state index >= 15 is 0 Å². The van der Waals surface area contributed by atoms with Crippen LogP contribution in [0.2, 0.25) is 0 Å². The van der Waals surface area contributed by atoms with E-state index in [0.29, 0.717) is 5.95 Å². The molecule has 1 amide bonds. The number of amides is 1. The van der Waals surface area contributed by atoms with E-state index in [2.05, 4.69) is 20.6 Å². The van der Waals surface area contributed by atoms with E-state index < -0.39 is 11.6 Å². The summed E-state index contributed by atoms with van der Waals surface area (Å²) in [6, 6.07) is 5.31. The van der Waals surface area contributed by atoms with Crippen LogP contribution in [0.3, 0.4) is 0 Å². The van der Waals surface area contributed by atoms with Crippen LogP contribution in [-0.2, 0) is 0 Å². The van der Waals surface area contributed by atoms with Gasteiger partial charge in [-0.05, 0) is 43.9 Å². The van der Waals surface area contributed by atoms with E-state index in [4.69, 9.17) is 0 Å². The zero-order valence-electron chi connectivity index (χ0n) is 17.7. The molecular weight excluding hydrogens is 390 g/mol. The average Bonchev–Trinajstić information content (AvgIpc) is 2.71. The van der Waals surface area contributed by atoms with Crippen molar-refractivity contribution in [1.82, 2.24) is 15.3 Å². The number of halogens is 2.